The first kappa shape index (κ1) is 18.9. The highest BCUT2D eigenvalue weighted by atomic mass is 79.9. The molecule has 0 aliphatic carbocycles. The van der Waals surface area contributed by atoms with Crippen molar-refractivity contribution in [2.75, 3.05) is 0 Å². The van der Waals surface area contributed by atoms with E-state index >= 15 is 0 Å². The van der Waals surface area contributed by atoms with Crippen LogP contribution in [0.25, 0.3) is 11.1 Å². The number of halogens is 1. The first-order valence-corrected chi connectivity index (χ1v) is 10.5. The fourth-order valence-electron chi connectivity index (χ4n) is 2.92. The Kier molecular flexibility index (Phi) is 5.59. The van der Waals surface area contributed by atoms with E-state index in [4.69, 9.17) is 4.42 Å². The topological polar surface area (TPSA) is 69.6 Å². The summed E-state index contributed by atoms with van der Waals surface area (Å²) in [6.07, 6.45) is 3.61. The second-order valence-electron chi connectivity index (χ2n) is 6.29. The highest BCUT2D eigenvalue weighted by molar-refractivity contribution is 9.10. The third-order valence-corrected chi connectivity index (χ3v) is 6.40. The molecule has 0 aliphatic heterocycles. The number of nitrogens with zero attached hydrogens (tertiary/aromatic N) is 5. The Hall–Kier alpha value is -2.45. The van der Waals surface area contributed by atoms with Gasteiger partial charge in [0.1, 0.15) is 6.54 Å². The maximum Gasteiger partial charge on any atom is 0.276 e. The number of hydrogen-bond donors (Lipinski definition) is 0. The van der Waals surface area contributed by atoms with Crippen LogP contribution >= 0.6 is 27.7 Å². The summed E-state index contributed by atoms with van der Waals surface area (Å²) < 4.78 is 8.68. The molecule has 0 saturated carbocycles. The monoisotopic (exact) mass is 455 g/mol. The van der Waals surface area contributed by atoms with E-state index in [1.165, 1.54) is 22.9 Å². The van der Waals surface area contributed by atoms with Gasteiger partial charge in [-0.15, -0.1) is 10.2 Å². The van der Waals surface area contributed by atoms with Crippen LogP contribution in [-0.4, -0.2) is 25.0 Å². The molecule has 4 rings (SSSR count). The van der Waals surface area contributed by atoms with Crippen LogP contribution in [0.15, 0.2) is 62.9 Å². The number of pyridine rings is 1. The minimum Gasteiger partial charge on any atom is -0.414 e. The molecule has 0 radical (unpaired) electrons. The lowest BCUT2D eigenvalue weighted by atomic mass is 10.0. The molecule has 3 aromatic heterocycles. The summed E-state index contributed by atoms with van der Waals surface area (Å²) >= 11 is 5.07. The molecule has 28 heavy (non-hydrogen) atoms. The molecule has 0 N–H and O–H groups in total. The van der Waals surface area contributed by atoms with Gasteiger partial charge in [-0.2, -0.15) is 5.10 Å². The smallest absolute Gasteiger partial charge is 0.276 e. The molecule has 8 heteroatoms. The van der Waals surface area contributed by atoms with Crippen LogP contribution in [0, 0.1) is 13.8 Å². The van der Waals surface area contributed by atoms with Crippen LogP contribution in [0.4, 0.5) is 0 Å². The molecule has 0 amide bonds. The van der Waals surface area contributed by atoms with Crippen molar-refractivity contribution >= 4 is 27.7 Å². The molecule has 0 atom stereocenters. The molecule has 142 valence electrons. The minimum absolute atomic E-state index is 0.458. The van der Waals surface area contributed by atoms with Crippen molar-refractivity contribution in [1.82, 2.24) is 25.0 Å². The number of rotatable bonds is 6. The highest BCUT2D eigenvalue weighted by Gasteiger charge is 2.14. The molecule has 6 nitrogen and oxygen atoms in total. The zero-order valence-electron chi connectivity index (χ0n) is 15.5. The molecule has 0 spiro atoms. The molecule has 0 aliphatic rings. The van der Waals surface area contributed by atoms with Crippen LogP contribution in [0.5, 0.6) is 0 Å². The van der Waals surface area contributed by atoms with Gasteiger partial charge in [0, 0.05) is 18.1 Å². The fourth-order valence-corrected chi connectivity index (χ4v) is 3.98. The molecule has 0 bridgehead atoms. The van der Waals surface area contributed by atoms with Crippen molar-refractivity contribution < 1.29 is 4.42 Å². The lowest BCUT2D eigenvalue weighted by Gasteiger charge is -2.08. The standard InChI is InChI=1S/C20H18BrN5OS/c1-13-19(21)14(2)26(25-13)11-18-23-24-20(27-18)28-12-16-5-3-4-6-17(16)15-7-9-22-10-8-15/h3-10H,11-12H2,1-2H3. The summed E-state index contributed by atoms with van der Waals surface area (Å²) in [5.41, 5.74) is 5.52. The molecule has 4 aromatic rings. The maximum absolute atomic E-state index is 5.81. The zero-order valence-corrected chi connectivity index (χ0v) is 17.9. The molecular weight excluding hydrogens is 438 g/mol. The summed E-state index contributed by atoms with van der Waals surface area (Å²) in [7, 11) is 0. The van der Waals surface area contributed by atoms with Crippen LogP contribution in [0.3, 0.4) is 0 Å². The van der Waals surface area contributed by atoms with Gasteiger partial charge in [0.15, 0.2) is 0 Å². The minimum atomic E-state index is 0.458. The summed E-state index contributed by atoms with van der Waals surface area (Å²) in [6.45, 7) is 4.43. The van der Waals surface area contributed by atoms with Crippen molar-refractivity contribution in [3.8, 4) is 11.1 Å². The third-order valence-electron chi connectivity index (χ3n) is 4.39. The number of benzene rings is 1. The van der Waals surface area contributed by atoms with Crippen molar-refractivity contribution in [3.63, 3.8) is 0 Å². The van der Waals surface area contributed by atoms with E-state index in [2.05, 4.69) is 48.3 Å². The van der Waals surface area contributed by atoms with E-state index in [0.29, 0.717) is 17.7 Å². The zero-order chi connectivity index (χ0) is 19.5. The molecule has 3 heterocycles. The van der Waals surface area contributed by atoms with Crippen LogP contribution in [0.1, 0.15) is 22.8 Å². The first-order valence-electron chi connectivity index (χ1n) is 8.75. The van der Waals surface area contributed by atoms with E-state index in [-0.39, 0.29) is 0 Å². The van der Waals surface area contributed by atoms with Gasteiger partial charge in [0.2, 0.25) is 5.89 Å². The lowest BCUT2D eigenvalue weighted by molar-refractivity contribution is 0.396. The predicted molar refractivity (Wildman–Crippen MR) is 112 cm³/mol. The summed E-state index contributed by atoms with van der Waals surface area (Å²) in [5, 5.41) is 13.4. The van der Waals surface area contributed by atoms with Gasteiger partial charge in [-0.05, 0) is 58.6 Å². The van der Waals surface area contributed by atoms with Crippen molar-refractivity contribution in [2.45, 2.75) is 31.4 Å². The molecule has 0 fully saturated rings. The van der Waals surface area contributed by atoms with Gasteiger partial charge < -0.3 is 4.42 Å². The van der Waals surface area contributed by atoms with Crippen LogP contribution in [0.2, 0.25) is 0 Å². The quantitative estimate of drug-likeness (QED) is 0.379. The highest BCUT2D eigenvalue weighted by Crippen LogP contribution is 2.29. The van der Waals surface area contributed by atoms with Crippen LogP contribution < -0.4 is 0 Å². The number of thioether (sulfide) groups is 1. The van der Waals surface area contributed by atoms with E-state index in [0.717, 1.165) is 27.2 Å². The Bertz CT molecular complexity index is 1090. The Morgan fingerprint density at radius 1 is 1.07 bits per heavy atom. The van der Waals surface area contributed by atoms with Gasteiger partial charge in [-0.3, -0.25) is 9.67 Å². The molecule has 0 unspecified atom stereocenters. The van der Waals surface area contributed by atoms with E-state index in [1.807, 2.05) is 42.8 Å². The largest absolute Gasteiger partial charge is 0.414 e. The number of hydrogen-bond acceptors (Lipinski definition) is 6. The second kappa shape index (κ2) is 8.28. The first-order chi connectivity index (χ1) is 13.6. The fraction of sp³-hybridized carbons (Fsp3) is 0.200. The van der Waals surface area contributed by atoms with Gasteiger partial charge in [-0.1, -0.05) is 36.0 Å². The van der Waals surface area contributed by atoms with Crippen molar-refractivity contribution in [1.29, 1.82) is 0 Å². The summed E-state index contributed by atoms with van der Waals surface area (Å²) in [6, 6.07) is 12.3. The SMILES string of the molecule is Cc1nn(Cc2nnc(SCc3ccccc3-c3ccncc3)o2)c(C)c1Br. The van der Waals surface area contributed by atoms with Gasteiger partial charge in [0.05, 0.1) is 15.9 Å². The van der Waals surface area contributed by atoms with Gasteiger partial charge >= 0.3 is 0 Å². The molecule has 0 saturated heterocycles. The van der Waals surface area contributed by atoms with Crippen LogP contribution in [-0.2, 0) is 12.3 Å². The Balaban J connectivity index is 1.46. The predicted octanol–water partition coefficient (Wildman–Crippen LogP) is 5.05. The number of aromatic nitrogens is 5. The Labute approximate surface area is 175 Å². The summed E-state index contributed by atoms with van der Waals surface area (Å²) in [5.74, 6) is 1.29. The Morgan fingerprint density at radius 2 is 1.86 bits per heavy atom. The van der Waals surface area contributed by atoms with Crippen molar-refractivity contribution in [2.24, 2.45) is 0 Å². The van der Waals surface area contributed by atoms with E-state index in [1.54, 1.807) is 12.4 Å². The average molecular weight is 456 g/mol. The maximum atomic E-state index is 5.81. The average Bonchev–Trinajstić information content (AvgIpc) is 3.27. The van der Waals surface area contributed by atoms with Gasteiger partial charge in [-0.25, -0.2) is 0 Å². The Morgan fingerprint density at radius 3 is 2.61 bits per heavy atom. The lowest BCUT2D eigenvalue weighted by Crippen LogP contribution is -2.04. The summed E-state index contributed by atoms with van der Waals surface area (Å²) in [4.78, 5) is 4.10. The van der Waals surface area contributed by atoms with Crippen molar-refractivity contribution in [3.05, 3.63) is 76.1 Å². The number of aryl methyl sites for hydroxylation is 1. The van der Waals surface area contributed by atoms with E-state index < -0.39 is 0 Å². The normalized spacial score (nSPS) is 11.1. The second-order valence-corrected chi connectivity index (χ2v) is 8.01. The third kappa shape index (κ3) is 4.02. The molecular formula is C20H18BrN5OS. The van der Waals surface area contributed by atoms with Gasteiger partial charge in [0.25, 0.3) is 5.22 Å². The van der Waals surface area contributed by atoms with E-state index in [9.17, 15) is 0 Å². The molecule has 1 aromatic carbocycles.